The first kappa shape index (κ1) is 20.7. The van der Waals surface area contributed by atoms with Crippen molar-refractivity contribution in [2.24, 2.45) is 11.8 Å². The molecule has 4 unspecified atom stereocenters. The highest BCUT2D eigenvalue weighted by atomic mass is 35.5. The smallest absolute Gasteiger partial charge is 0.317 e. The number of aliphatic hydroxyl groups excluding tert-OH is 1. The predicted octanol–water partition coefficient (Wildman–Crippen LogP) is 2.77. The van der Waals surface area contributed by atoms with Gasteiger partial charge in [-0.05, 0) is 31.5 Å². The molecule has 4 atom stereocenters. The number of rotatable bonds is 5. The topological polar surface area (TPSA) is 89.9 Å². The fraction of sp³-hybridized carbons (Fsp3) is 0.500. The lowest BCUT2D eigenvalue weighted by atomic mass is 9.66. The van der Waals surface area contributed by atoms with Crippen LogP contribution in [0.5, 0.6) is 0 Å². The lowest BCUT2D eigenvalue weighted by Crippen LogP contribution is -2.49. The summed E-state index contributed by atoms with van der Waals surface area (Å²) in [6.07, 6.45) is -1.60. The molecule has 6 nitrogen and oxygen atoms in total. The average molecular weight is 403 g/mol. The largest absolute Gasteiger partial charge is 0.466 e. The molecule has 26 heavy (non-hydrogen) atoms. The van der Waals surface area contributed by atoms with Gasteiger partial charge < -0.3 is 14.6 Å². The Kier molecular flexibility index (Phi) is 7.03. The molecule has 0 amide bonds. The number of halogens is 2. The van der Waals surface area contributed by atoms with Crippen molar-refractivity contribution in [1.82, 2.24) is 0 Å². The van der Waals surface area contributed by atoms with E-state index in [0.717, 1.165) is 0 Å². The zero-order valence-corrected chi connectivity index (χ0v) is 15.9. The molecule has 1 N–H and O–H groups in total. The van der Waals surface area contributed by atoms with Crippen molar-refractivity contribution < 1.29 is 29.0 Å². The molecular formula is C18H20Cl2O6. The molecule has 0 heterocycles. The minimum atomic E-state index is -1.27. The van der Waals surface area contributed by atoms with Crippen molar-refractivity contribution >= 4 is 40.9 Å². The number of ketones is 1. The summed E-state index contributed by atoms with van der Waals surface area (Å²) in [6.45, 7) is 3.45. The van der Waals surface area contributed by atoms with E-state index in [1.165, 1.54) is 12.1 Å². The van der Waals surface area contributed by atoms with Crippen LogP contribution in [0.4, 0.5) is 0 Å². The maximum Gasteiger partial charge on any atom is 0.317 e. The van der Waals surface area contributed by atoms with E-state index < -0.39 is 41.6 Å². The van der Waals surface area contributed by atoms with Crippen molar-refractivity contribution in [2.75, 3.05) is 13.2 Å². The number of hydrogen-bond donors (Lipinski definition) is 1. The summed E-state index contributed by atoms with van der Waals surface area (Å²) in [5.74, 6) is -5.20. The third-order valence-electron chi connectivity index (χ3n) is 4.35. The van der Waals surface area contributed by atoms with Crippen molar-refractivity contribution in [3.8, 4) is 0 Å². The van der Waals surface area contributed by atoms with Crippen LogP contribution in [0.15, 0.2) is 18.2 Å². The monoisotopic (exact) mass is 402 g/mol. The van der Waals surface area contributed by atoms with Gasteiger partial charge in [-0.25, -0.2) is 0 Å². The van der Waals surface area contributed by atoms with E-state index in [4.69, 9.17) is 32.7 Å². The Labute approximate surface area is 161 Å². The minimum Gasteiger partial charge on any atom is -0.466 e. The molecule has 1 aromatic rings. The van der Waals surface area contributed by atoms with Gasteiger partial charge in [0.15, 0.2) is 0 Å². The molecule has 8 heteroatoms. The zero-order chi connectivity index (χ0) is 19.4. The molecule has 1 aliphatic rings. The Morgan fingerprint density at radius 2 is 1.73 bits per heavy atom. The fourth-order valence-corrected chi connectivity index (χ4v) is 3.59. The van der Waals surface area contributed by atoms with Gasteiger partial charge in [0.05, 0.1) is 35.3 Å². The van der Waals surface area contributed by atoms with Gasteiger partial charge in [-0.3, -0.25) is 14.4 Å². The van der Waals surface area contributed by atoms with E-state index in [2.05, 4.69) is 0 Å². The summed E-state index contributed by atoms with van der Waals surface area (Å²) in [6, 6.07) is 4.57. The highest BCUT2D eigenvalue weighted by Crippen LogP contribution is 2.43. The lowest BCUT2D eigenvalue weighted by Gasteiger charge is -2.37. The van der Waals surface area contributed by atoms with Crippen LogP contribution in [-0.4, -0.2) is 42.1 Å². The standard InChI is InChI=1S/C18H20Cl2O6/c1-3-25-17(23)15-12(21)8-13(22)16(18(24)26-4-2)14(15)9-5-6-10(19)11(20)7-9/h5-7,12,14-16,21H,3-4,8H2,1-2H3. The molecule has 0 aromatic heterocycles. The van der Waals surface area contributed by atoms with E-state index in [1.807, 2.05) is 0 Å². The molecule has 0 saturated heterocycles. The van der Waals surface area contributed by atoms with Crippen LogP contribution < -0.4 is 0 Å². The van der Waals surface area contributed by atoms with Gasteiger partial charge in [-0.1, -0.05) is 29.3 Å². The van der Waals surface area contributed by atoms with Crippen LogP contribution in [0, 0.1) is 11.8 Å². The number of carbonyl (C=O) groups excluding carboxylic acids is 3. The first-order valence-corrected chi connectivity index (χ1v) is 9.06. The van der Waals surface area contributed by atoms with Gasteiger partial charge >= 0.3 is 11.9 Å². The third-order valence-corrected chi connectivity index (χ3v) is 5.08. The van der Waals surface area contributed by atoms with Crippen LogP contribution in [0.3, 0.4) is 0 Å². The second kappa shape index (κ2) is 8.84. The van der Waals surface area contributed by atoms with Crippen molar-refractivity contribution in [3.63, 3.8) is 0 Å². The molecule has 0 aliphatic heterocycles. The van der Waals surface area contributed by atoms with Gasteiger partial charge in [0.25, 0.3) is 0 Å². The second-order valence-corrected chi connectivity index (χ2v) is 6.76. The molecule has 1 saturated carbocycles. The first-order valence-electron chi connectivity index (χ1n) is 8.30. The summed E-state index contributed by atoms with van der Waals surface area (Å²) in [4.78, 5) is 37.4. The Morgan fingerprint density at radius 3 is 2.31 bits per heavy atom. The van der Waals surface area contributed by atoms with E-state index >= 15 is 0 Å². The van der Waals surface area contributed by atoms with Crippen LogP contribution in [0.1, 0.15) is 31.7 Å². The fourth-order valence-electron chi connectivity index (χ4n) is 3.28. The summed E-state index contributed by atoms with van der Waals surface area (Å²) in [5.41, 5.74) is 0.433. The van der Waals surface area contributed by atoms with Gasteiger partial charge in [0.1, 0.15) is 11.7 Å². The molecule has 0 spiro atoms. The number of benzene rings is 1. The molecule has 1 fully saturated rings. The van der Waals surface area contributed by atoms with Crippen molar-refractivity contribution in [2.45, 2.75) is 32.3 Å². The highest BCUT2D eigenvalue weighted by molar-refractivity contribution is 6.42. The van der Waals surface area contributed by atoms with E-state index in [-0.39, 0.29) is 24.7 Å². The average Bonchev–Trinajstić information content (AvgIpc) is 2.57. The number of hydrogen-bond acceptors (Lipinski definition) is 6. The third kappa shape index (κ3) is 4.19. The van der Waals surface area contributed by atoms with Crippen LogP contribution in [0.2, 0.25) is 10.0 Å². The normalized spacial score (nSPS) is 25.7. The van der Waals surface area contributed by atoms with Gasteiger partial charge in [0, 0.05) is 12.3 Å². The first-order chi connectivity index (χ1) is 12.3. The summed E-state index contributed by atoms with van der Waals surface area (Å²) >= 11 is 12.0. The zero-order valence-electron chi connectivity index (χ0n) is 14.4. The SMILES string of the molecule is CCOC(=O)C1C(=O)CC(O)C(C(=O)OCC)C1c1ccc(Cl)c(Cl)c1. The second-order valence-electron chi connectivity index (χ2n) is 5.94. The molecule has 142 valence electrons. The molecule has 0 radical (unpaired) electrons. The quantitative estimate of drug-likeness (QED) is 0.601. The molecular weight excluding hydrogens is 383 g/mol. The van der Waals surface area contributed by atoms with E-state index in [9.17, 15) is 19.5 Å². The Balaban J connectivity index is 2.57. The molecule has 1 aliphatic carbocycles. The number of esters is 2. The van der Waals surface area contributed by atoms with Crippen molar-refractivity contribution in [3.05, 3.63) is 33.8 Å². The number of carbonyl (C=O) groups is 3. The molecule has 0 bridgehead atoms. The van der Waals surface area contributed by atoms with E-state index in [1.54, 1.807) is 19.9 Å². The van der Waals surface area contributed by atoms with E-state index in [0.29, 0.717) is 10.6 Å². The molecule has 2 rings (SSSR count). The summed E-state index contributed by atoms with van der Waals surface area (Å²) in [7, 11) is 0. The Morgan fingerprint density at radius 1 is 1.12 bits per heavy atom. The number of ether oxygens (including phenoxy) is 2. The Bertz CT molecular complexity index is 697. The van der Waals surface area contributed by atoms with Crippen LogP contribution >= 0.6 is 23.2 Å². The van der Waals surface area contributed by atoms with Gasteiger partial charge in [-0.15, -0.1) is 0 Å². The van der Waals surface area contributed by atoms with Crippen LogP contribution in [0.25, 0.3) is 0 Å². The maximum atomic E-state index is 12.5. The minimum absolute atomic E-state index is 0.0866. The summed E-state index contributed by atoms with van der Waals surface area (Å²) < 4.78 is 10.1. The van der Waals surface area contributed by atoms with Gasteiger partial charge in [-0.2, -0.15) is 0 Å². The Hall–Kier alpha value is -1.63. The molecule has 1 aromatic carbocycles. The maximum absolute atomic E-state index is 12.5. The van der Waals surface area contributed by atoms with Crippen molar-refractivity contribution in [1.29, 1.82) is 0 Å². The number of Topliss-reactive ketones (excluding diaryl/α,β-unsaturated/α-hetero) is 1. The summed E-state index contributed by atoms with van der Waals surface area (Å²) in [5, 5.41) is 10.9. The van der Waals surface area contributed by atoms with Crippen LogP contribution in [-0.2, 0) is 23.9 Å². The van der Waals surface area contributed by atoms with Gasteiger partial charge in [0.2, 0.25) is 0 Å². The lowest BCUT2D eigenvalue weighted by molar-refractivity contribution is -0.164. The highest BCUT2D eigenvalue weighted by Gasteiger charge is 2.52. The predicted molar refractivity (Wildman–Crippen MR) is 95.1 cm³/mol. The number of aliphatic hydroxyl groups is 1.